The smallest absolute Gasteiger partial charge is 0.407 e. The number of nitrogens with two attached hydrogens (primary N) is 1. The normalized spacial score (nSPS) is 19.6. The first-order valence-corrected chi connectivity index (χ1v) is 20.9. The molecule has 6 N–H and O–H groups in total. The first-order valence-electron chi connectivity index (χ1n) is 20.9. The van der Waals surface area contributed by atoms with Crippen molar-refractivity contribution in [3.8, 4) is 11.8 Å². The summed E-state index contributed by atoms with van der Waals surface area (Å²) in [6, 6.07) is 10.0. The highest BCUT2D eigenvalue weighted by molar-refractivity contribution is 6.09. The molecule has 3 fully saturated rings. The maximum atomic E-state index is 15.1. The number of pyridine rings is 1. The zero-order valence-corrected chi connectivity index (χ0v) is 35.8. The molecular weight excluding hydrogens is 866 g/mol. The van der Waals surface area contributed by atoms with Crippen LogP contribution in [0.3, 0.4) is 0 Å². The molecule has 13 nitrogen and oxygen atoms in total. The summed E-state index contributed by atoms with van der Waals surface area (Å²) in [6.07, 6.45) is -2.56. The lowest BCUT2D eigenvalue weighted by Crippen LogP contribution is -2.62. The predicted molar refractivity (Wildman–Crippen MR) is 228 cm³/mol. The quantitative estimate of drug-likeness (QED) is 0.0578. The second-order valence-electron chi connectivity index (χ2n) is 16.7. The van der Waals surface area contributed by atoms with Gasteiger partial charge in [-0.15, -0.1) is 0 Å². The van der Waals surface area contributed by atoms with E-state index in [1.54, 1.807) is 30.5 Å². The minimum atomic E-state index is -4.98. The maximum absolute atomic E-state index is 15.1. The highest BCUT2D eigenvalue weighted by atomic mass is 19.4. The number of hydrogen-bond acceptors (Lipinski definition) is 11. The predicted octanol–water partition coefficient (Wildman–Crippen LogP) is 4.90. The van der Waals surface area contributed by atoms with Gasteiger partial charge in [0.1, 0.15) is 23.5 Å². The molecule has 0 radical (unpaired) electrons. The van der Waals surface area contributed by atoms with E-state index >= 15 is 8.78 Å². The van der Waals surface area contributed by atoms with Crippen LogP contribution in [-0.2, 0) is 27.2 Å². The van der Waals surface area contributed by atoms with Crippen molar-refractivity contribution >= 4 is 29.6 Å². The summed E-state index contributed by atoms with van der Waals surface area (Å²) in [5.74, 6) is 3.63. The number of likely N-dealkylation sites (tertiary alicyclic amines) is 1. The lowest BCUT2D eigenvalue weighted by molar-refractivity contribution is -0.220. The van der Waals surface area contributed by atoms with Gasteiger partial charge in [0.15, 0.2) is 0 Å². The molecule has 2 bridgehead atoms. The number of alkyl halides is 5. The maximum Gasteiger partial charge on any atom is 0.407 e. The molecule has 2 amide bonds. The Labute approximate surface area is 371 Å². The van der Waals surface area contributed by atoms with Gasteiger partial charge < -0.3 is 41.2 Å². The van der Waals surface area contributed by atoms with E-state index in [2.05, 4.69) is 42.0 Å². The van der Waals surface area contributed by atoms with Crippen LogP contribution in [0.5, 0.6) is 0 Å². The molecule has 0 saturated carbocycles. The number of aliphatic hydroxyl groups is 1. The zero-order valence-electron chi connectivity index (χ0n) is 35.8. The monoisotopic (exact) mass is 916 g/mol. The van der Waals surface area contributed by atoms with Crippen molar-refractivity contribution in [1.82, 2.24) is 25.8 Å². The molecule has 4 heterocycles. The summed E-state index contributed by atoms with van der Waals surface area (Å²) in [5, 5.41) is 18.4. The molecule has 0 aliphatic carbocycles. The Bertz CT molecular complexity index is 2230. The van der Waals surface area contributed by atoms with Gasteiger partial charge in [-0.25, -0.2) is 23.6 Å². The van der Waals surface area contributed by atoms with Gasteiger partial charge in [-0.3, -0.25) is 9.69 Å². The fourth-order valence-corrected chi connectivity index (χ4v) is 8.02. The van der Waals surface area contributed by atoms with Gasteiger partial charge in [0.2, 0.25) is 5.91 Å². The summed E-state index contributed by atoms with van der Waals surface area (Å²) >= 11 is 0. The van der Waals surface area contributed by atoms with Crippen molar-refractivity contribution < 1.29 is 54.9 Å². The molecule has 20 heteroatoms. The number of piperazine rings is 1. The van der Waals surface area contributed by atoms with Crippen molar-refractivity contribution in [2.75, 3.05) is 44.9 Å². The number of hydrogen-bond donors (Lipinski definition) is 5. The number of nitrogens with one attached hydrogen (secondary N) is 3. The van der Waals surface area contributed by atoms with E-state index in [1.165, 1.54) is 0 Å². The number of aromatic nitrogens is 1. The van der Waals surface area contributed by atoms with Crippen LogP contribution in [0, 0.1) is 28.9 Å². The molecule has 0 spiro atoms. The molecule has 3 aliphatic heterocycles. The molecule has 3 saturated heterocycles. The number of methoxy groups -OCH3 is 1. The summed E-state index contributed by atoms with van der Waals surface area (Å²) in [7, 11) is 0.914. The fourth-order valence-electron chi connectivity index (χ4n) is 8.02. The highest BCUT2D eigenvalue weighted by Gasteiger charge is 2.56. The molecule has 6 rings (SSSR count). The summed E-state index contributed by atoms with van der Waals surface area (Å²) in [5.41, 5.74) is 3.58. The SMILES string of the molecule is COC(=O)N[C@H](C(=O)N[C@@H](Cc1ccc(C#Cc2ccc(N3C4CCC3CN(C3COC3)C4)nc2)cc1)[C@@H](O)CNCc1c(F)cc(C(C=NC(F)F)=CN)cc1F)C(C)(C)C(F)(F)F. The third-order valence-corrected chi connectivity index (χ3v) is 12.0. The number of halogens is 7. The van der Waals surface area contributed by atoms with E-state index in [0.29, 0.717) is 54.9 Å². The number of allylic oxidation sites excluding steroid dienone is 1. The minimum absolute atomic E-state index is 0.151. The number of rotatable bonds is 16. The number of fused-ring (bicyclic) bond motifs is 2. The van der Waals surface area contributed by atoms with E-state index in [4.69, 9.17) is 15.5 Å². The Morgan fingerprint density at radius 2 is 1.63 bits per heavy atom. The molecule has 350 valence electrons. The summed E-state index contributed by atoms with van der Waals surface area (Å²) in [6.45, 7) is 0.934. The van der Waals surface area contributed by atoms with Gasteiger partial charge in [-0.05, 0) is 80.6 Å². The van der Waals surface area contributed by atoms with Gasteiger partial charge >= 0.3 is 18.8 Å². The number of nitrogens with zero attached hydrogens (tertiary/aromatic N) is 4. The molecule has 5 atom stereocenters. The van der Waals surface area contributed by atoms with Crippen LogP contribution in [0.2, 0.25) is 0 Å². The molecule has 1 aromatic heterocycles. The Balaban J connectivity index is 1.15. The molecule has 3 aliphatic rings. The van der Waals surface area contributed by atoms with E-state index in [9.17, 15) is 36.6 Å². The van der Waals surface area contributed by atoms with Crippen molar-refractivity contribution in [1.29, 1.82) is 0 Å². The summed E-state index contributed by atoms with van der Waals surface area (Å²) < 4.78 is 108. The van der Waals surface area contributed by atoms with Crippen LogP contribution < -0.4 is 26.6 Å². The third kappa shape index (κ3) is 11.9. The zero-order chi connectivity index (χ0) is 47.1. The number of carbonyl (C=O) groups excluding carboxylic acids is 2. The molecular formula is C45H51F7N8O5. The van der Waals surface area contributed by atoms with Gasteiger partial charge in [0.05, 0.1) is 43.9 Å². The topological polar surface area (TPSA) is 167 Å². The van der Waals surface area contributed by atoms with Crippen molar-refractivity contribution in [3.05, 3.63) is 100 Å². The Morgan fingerprint density at radius 1 is 1.00 bits per heavy atom. The first-order chi connectivity index (χ1) is 30.9. The van der Waals surface area contributed by atoms with E-state index in [-0.39, 0.29) is 17.6 Å². The van der Waals surface area contributed by atoms with Crippen LogP contribution in [0.4, 0.5) is 41.3 Å². The van der Waals surface area contributed by atoms with Crippen LogP contribution in [0.15, 0.2) is 65.9 Å². The number of anilines is 1. The Hall–Kier alpha value is -5.75. The van der Waals surface area contributed by atoms with Crippen molar-refractivity contribution in [2.45, 2.75) is 88.7 Å². The van der Waals surface area contributed by atoms with E-state index in [0.717, 1.165) is 70.4 Å². The lowest BCUT2D eigenvalue weighted by atomic mass is 9.82. The van der Waals surface area contributed by atoms with Crippen LogP contribution in [-0.4, -0.2) is 122 Å². The Kier molecular flexibility index (Phi) is 15.8. The average molecular weight is 917 g/mol. The second-order valence-corrected chi connectivity index (χ2v) is 16.7. The number of amides is 2. The number of benzene rings is 2. The Morgan fingerprint density at radius 3 is 2.17 bits per heavy atom. The van der Waals surface area contributed by atoms with Crippen molar-refractivity contribution in [2.24, 2.45) is 16.1 Å². The number of carbonyl (C=O) groups is 2. The fraction of sp³-hybridized carbons (Fsp3) is 0.467. The van der Waals surface area contributed by atoms with Gasteiger partial charge in [0.25, 0.3) is 0 Å². The number of alkyl carbamates (subject to hydrolysis) is 1. The van der Waals surface area contributed by atoms with Gasteiger partial charge in [0, 0.05) is 79.1 Å². The highest BCUT2D eigenvalue weighted by Crippen LogP contribution is 2.41. The largest absolute Gasteiger partial charge is 0.453 e. The molecule has 2 aromatic carbocycles. The summed E-state index contributed by atoms with van der Waals surface area (Å²) in [4.78, 5) is 38.3. The molecule has 2 unspecified atom stereocenters. The second kappa shape index (κ2) is 21.0. The third-order valence-electron chi connectivity index (χ3n) is 12.0. The van der Waals surface area contributed by atoms with E-state index < -0.39 is 78.6 Å². The number of aliphatic imine (C=N–C) groups is 1. The molecule has 65 heavy (non-hydrogen) atoms. The average Bonchev–Trinajstić information content (AvgIpc) is 3.51. The van der Waals surface area contributed by atoms with Gasteiger partial charge in [-0.2, -0.15) is 22.0 Å². The first kappa shape index (κ1) is 48.7. The van der Waals surface area contributed by atoms with Crippen LogP contribution in [0.1, 0.15) is 54.5 Å². The van der Waals surface area contributed by atoms with Gasteiger partial charge in [-0.1, -0.05) is 24.0 Å². The van der Waals surface area contributed by atoms with Crippen LogP contribution in [0.25, 0.3) is 5.57 Å². The van der Waals surface area contributed by atoms with Crippen molar-refractivity contribution in [3.63, 3.8) is 0 Å². The standard InChI is InChI=1S/C45H51F7N8O5/c1-44(2,45(50,51)52)40(58-43(63)64-3)41(62)57-37(38(61)21-54-20-34-35(46)15-29(16-36(34)47)30(17-53)19-56-42(48)49)14-27-7-4-26(5-8-27)6-9-28-10-13-39(55-18-28)60-31-11-12-32(60)23-59(22-31)33-24-65-25-33/h4-5,7-8,10,13,15-19,31-33,37-38,40,42,54,61H,11-12,14,20-25,53H2,1-3H3,(H,57,62)(H,58,63)/t31?,32?,37-,38-,40+/m0/s1. The lowest BCUT2D eigenvalue weighted by Gasteiger charge is -2.47. The molecule has 3 aromatic rings. The number of aliphatic hydroxyl groups excluding tert-OH is 1. The number of ether oxygens (including phenoxy) is 2. The minimum Gasteiger partial charge on any atom is -0.453 e. The van der Waals surface area contributed by atoms with Crippen LogP contribution >= 0.6 is 0 Å². The van der Waals surface area contributed by atoms with E-state index in [1.807, 2.05) is 17.4 Å².